The van der Waals surface area contributed by atoms with Gasteiger partial charge in [0.05, 0.1) is 0 Å². The van der Waals surface area contributed by atoms with Crippen molar-refractivity contribution in [3.05, 3.63) is 0 Å². The first-order valence-electron chi connectivity index (χ1n) is 0.783. The van der Waals surface area contributed by atoms with Crippen molar-refractivity contribution in [2.75, 3.05) is 0 Å². The predicted molar refractivity (Wildman–Crippen MR) is 21.4 cm³/mol. The van der Waals surface area contributed by atoms with Gasteiger partial charge in [-0.15, -0.1) is 0 Å². The zero-order valence-corrected chi connectivity index (χ0v) is 6.05. The summed E-state index contributed by atoms with van der Waals surface area (Å²) >= 11 is 0. The first kappa shape index (κ1) is 15.8. The monoisotopic (exact) mass is 196 g/mol. The molecule has 0 amide bonds. The molecule has 0 aromatic carbocycles. The van der Waals surface area contributed by atoms with Crippen molar-refractivity contribution >= 4 is 26.7 Å². The molecule has 7 heavy (non-hydrogen) atoms. The Labute approximate surface area is 71.9 Å². The molecule has 0 rings (SSSR count). The summed E-state index contributed by atoms with van der Waals surface area (Å²) < 4.78 is 8.88. The Morgan fingerprint density at radius 1 is 1.14 bits per heavy atom. The van der Waals surface area contributed by atoms with E-state index in [4.69, 9.17) is 19.2 Å². The van der Waals surface area contributed by atoms with Crippen molar-refractivity contribution in [2.24, 2.45) is 0 Å². The molecular weight excluding hydrogens is 193 g/mol. The summed E-state index contributed by atoms with van der Waals surface area (Å²) in [6, 6.07) is 0. The van der Waals surface area contributed by atoms with Gasteiger partial charge in [0.1, 0.15) is 0 Å². The van der Waals surface area contributed by atoms with Gasteiger partial charge in [0, 0.05) is 26.2 Å². The van der Waals surface area contributed by atoms with Crippen LogP contribution in [0.4, 0.5) is 0 Å². The molecule has 0 unspecified atom stereocenters. The van der Waals surface area contributed by atoms with Crippen LogP contribution in [-0.2, 0) is 30.8 Å². The number of rotatable bonds is 0. The molecule has 0 fully saturated rings. The molecule has 38 valence electrons. The molecule has 0 aliphatic carbocycles. The van der Waals surface area contributed by atoms with Gasteiger partial charge in [-0.2, -0.15) is 0 Å². The zero-order chi connectivity index (χ0) is 4.50. The quantitative estimate of drug-likeness (QED) is 0.323. The Morgan fingerprint density at radius 3 is 1.14 bits per heavy atom. The molecule has 0 aromatic heterocycles. The number of hydrogen-bond acceptors (Lipinski definition) is 1. The summed E-state index contributed by atoms with van der Waals surface area (Å²) in [6.07, 6.45) is 0. The summed E-state index contributed by atoms with van der Waals surface area (Å²) in [7, 11) is -4.64. The Kier molecular flexibility index (Phi) is 12.9. The Morgan fingerprint density at radius 2 is 1.14 bits per heavy atom. The van der Waals surface area contributed by atoms with Crippen LogP contribution >= 0.6 is 7.82 Å². The largest absolute Gasteiger partial charge is 0 e. The molecule has 4 nitrogen and oxygen atoms in total. The first-order valence-corrected chi connectivity index (χ1v) is 2.35. The van der Waals surface area contributed by atoms with Gasteiger partial charge in [-0.25, -0.2) is 4.57 Å². The fourth-order valence-electron chi connectivity index (χ4n) is 0. The third kappa shape index (κ3) is 93.8. The minimum Gasteiger partial charge on any atom is 0 e. The van der Waals surface area contributed by atoms with Gasteiger partial charge in [0.2, 0.25) is 0 Å². The van der Waals surface area contributed by atoms with E-state index < -0.39 is 7.82 Å². The molecule has 3 N–H and O–H groups in total. The van der Waals surface area contributed by atoms with E-state index >= 15 is 0 Å². The summed E-state index contributed by atoms with van der Waals surface area (Å²) in [6.45, 7) is 0. The van der Waals surface area contributed by atoms with E-state index in [2.05, 4.69) is 0 Å². The number of phosphoric acid groups is 1. The SMILES string of the molecule is O=P(O)(O)O.[LiH].[Zr]. The minimum absolute atomic E-state index is 0. The van der Waals surface area contributed by atoms with E-state index in [1.54, 1.807) is 0 Å². The summed E-state index contributed by atoms with van der Waals surface area (Å²) in [5.74, 6) is 0. The minimum atomic E-state index is -4.64. The van der Waals surface area contributed by atoms with Crippen molar-refractivity contribution in [1.82, 2.24) is 0 Å². The third-order valence-corrected chi connectivity index (χ3v) is 0. The fourth-order valence-corrected chi connectivity index (χ4v) is 0. The second-order valence-corrected chi connectivity index (χ2v) is 1.54. The second kappa shape index (κ2) is 5.72. The van der Waals surface area contributed by atoms with Gasteiger partial charge in [-0.1, -0.05) is 0 Å². The molecule has 0 saturated carbocycles. The Bertz CT molecular complexity index is 57.8. The molecule has 0 heterocycles. The van der Waals surface area contributed by atoms with E-state index in [-0.39, 0.29) is 45.1 Å². The molecule has 0 aromatic rings. The Balaban J connectivity index is -0.0000000800. The maximum absolute atomic E-state index is 8.88. The molecule has 0 atom stereocenters. The van der Waals surface area contributed by atoms with Gasteiger partial charge in [-0.3, -0.25) is 0 Å². The molecule has 0 bridgehead atoms. The van der Waals surface area contributed by atoms with Crippen LogP contribution in [0.15, 0.2) is 0 Å². The number of hydrogen-bond donors (Lipinski definition) is 3. The average Bonchev–Trinajstić information content (AvgIpc) is 0.722. The molecule has 0 radical (unpaired) electrons. The van der Waals surface area contributed by atoms with E-state index in [9.17, 15) is 0 Å². The summed E-state index contributed by atoms with van der Waals surface area (Å²) in [5.41, 5.74) is 0. The van der Waals surface area contributed by atoms with E-state index in [1.165, 1.54) is 0 Å². The predicted octanol–water partition coefficient (Wildman–Crippen LogP) is -1.58. The van der Waals surface area contributed by atoms with Crippen molar-refractivity contribution in [3.8, 4) is 0 Å². The van der Waals surface area contributed by atoms with Gasteiger partial charge in [0.15, 0.2) is 0 Å². The van der Waals surface area contributed by atoms with Crippen LogP contribution < -0.4 is 0 Å². The molecule has 0 aliphatic rings. The maximum atomic E-state index is 8.88. The van der Waals surface area contributed by atoms with Crippen molar-refractivity contribution in [3.63, 3.8) is 0 Å². The smallest absolute Gasteiger partial charge is 0 e. The molecule has 7 heteroatoms. The van der Waals surface area contributed by atoms with Crippen LogP contribution in [0.3, 0.4) is 0 Å². The van der Waals surface area contributed by atoms with Crippen LogP contribution in [-0.4, -0.2) is 33.5 Å². The average molecular weight is 197 g/mol. The van der Waals surface area contributed by atoms with E-state index in [0.29, 0.717) is 0 Å². The molecule has 0 spiro atoms. The topological polar surface area (TPSA) is 77.8 Å². The zero-order valence-electron chi connectivity index (χ0n) is 2.70. The Hall–Kier alpha value is 1.59. The van der Waals surface area contributed by atoms with Crippen LogP contribution in [0.2, 0.25) is 0 Å². The standard InChI is InChI=1S/Li.H3O4P.Zr.H/c;1-5(2,3)4;;/h;(H3,1,2,3,4);;. The van der Waals surface area contributed by atoms with Gasteiger partial charge < -0.3 is 14.7 Å². The van der Waals surface area contributed by atoms with Crippen LogP contribution in [0.5, 0.6) is 0 Å². The van der Waals surface area contributed by atoms with Crippen molar-refractivity contribution < 1.29 is 45.4 Å². The normalized spacial score (nSPS) is 8.43. The van der Waals surface area contributed by atoms with Crippen LogP contribution in [0.25, 0.3) is 0 Å². The van der Waals surface area contributed by atoms with Gasteiger partial charge >= 0.3 is 26.7 Å². The molecule has 0 aliphatic heterocycles. The summed E-state index contributed by atoms with van der Waals surface area (Å²) in [5, 5.41) is 0. The third-order valence-electron chi connectivity index (χ3n) is 0. The van der Waals surface area contributed by atoms with Crippen LogP contribution in [0, 0.1) is 0 Å². The van der Waals surface area contributed by atoms with E-state index in [1.807, 2.05) is 0 Å². The molecule has 0 saturated heterocycles. The fraction of sp³-hybridized carbons (Fsp3) is 0. The summed E-state index contributed by atoms with van der Waals surface area (Å²) in [4.78, 5) is 21.6. The first-order chi connectivity index (χ1) is 2.00. The van der Waals surface area contributed by atoms with Gasteiger partial charge in [-0.05, 0) is 0 Å². The van der Waals surface area contributed by atoms with Crippen molar-refractivity contribution in [1.29, 1.82) is 0 Å². The van der Waals surface area contributed by atoms with Gasteiger partial charge in [0.25, 0.3) is 0 Å². The maximum Gasteiger partial charge on any atom is 0 e. The second-order valence-electron chi connectivity index (χ2n) is 0.513. The molecular formula is H4LiO4PZr. The van der Waals surface area contributed by atoms with E-state index in [0.717, 1.165) is 0 Å². The van der Waals surface area contributed by atoms with Crippen LogP contribution in [0.1, 0.15) is 0 Å². The van der Waals surface area contributed by atoms with Crippen molar-refractivity contribution in [2.45, 2.75) is 0 Å².